The highest BCUT2D eigenvalue weighted by Gasteiger charge is 2.12. The van der Waals surface area contributed by atoms with Crippen molar-refractivity contribution in [3.8, 4) is 11.5 Å². The van der Waals surface area contributed by atoms with Crippen LogP contribution in [0.15, 0.2) is 29.6 Å². The maximum atomic E-state index is 6.02. The summed E-state index contributed by atoms with van der Waals surface area (Å²) in [4.78, 5) is 9.74. The van der Waals surface area contributed by atoms with Crippen molar-refractivity contribution in [1.82, 2.24) is 9.97 Å². The molecule has 0 aliphatic carbocycles. The summed E-state index contributed by atoms with van der Waals surface area (Å²) < 4.78 is 10.6. The van der Waals surface area contributed by atoms with E-state index in [0.29, 0.717) is 29.4 Å². The fraction of sp³-hybridized carbons (Fsp3) is 0.200. The summed E-state index contributed by atoms with van der Waals surface area (Å²) in [7, 11) is 3.18. The molecule has 5 nitrogen and oxygen atoms in total. The Kier molecular flexibility index (Phi) is 4.31. The molecule has 1 aromatic carbocycles. The fourth-order valence-corrected chi connectivity index (χ4v) is 2.97. The van der Waals surface area contributed by atoms with Gasteiger partial charge in [-0.1, -0.05) is 6.07 Å². The van der Waals surface area contributed by atoms with Gasteiger partial charge in [0, 0.05) is 16.3 Å². The Labute approximate surface area is 136 Å². The van der Waals surface area contributed by atoms with Crippen LogP contribution < -0.4 is 14.8 Å². The topological polar surface area (TPSA) is 56.3 Å². The van der Waals surface area contributed by atoms with Gasteiger partial charge in [0.05, 0.1) is 26.3 Å². The molecule has 0 bridgehead atoms. The molecule has 0 atom stereocenters. The van der Waals surface area contributed by atoms with Gasteiger partial charge in [-0.15, -0.1) is 11.3 Å². The minimum Gasteiger partial charge on any atom is -0.493 e. The number of benzene rings is 1. The highest BCUT2D eigenvalue weighted by molar-refractivity contribution is 7.09. The molecule has 0 spiro atoms. The summed E-state index contributed by atoms with van der Waals surface area (Å²) in [5.74, 6) is 1.90. The molecular formula is C15H14ClN3O2S. The normalized spacial score (nSPS) is 10.7. The molecule has 0 saturated heterocycles. The highest BCUT2D eigenvalue weighted by Crippen LogP contribution is 2.34. The quantitative estimate of drug-likeness (QED) is 0.715. The largest absolute Gasteiger partial charge is 0.493 e. The van der Waals surface area contributed by atoms with E-state index in [1.54, 1.807) is 31.6 Å². The number of fused-ring (bicyclic) bond motifs is 1. The molecule has 0 saturated carbocycles. The van der Waals surface area contributed by atoms with Gasteiger partial charge in [-0.2, -0.15) is 0 Å². The second-order valence-corrected chi connectivity index (χ2v) is 5.87. The van der Waals surface area contributed by atoms with E-state index >= 15 is 0 Å². The lowest BCUT2D eigenvalue weighted by Crippen LogP contribution is -2.02. The molecule has 1 N–H and O–H groups in total. The van der Waals surface area contributed by atoms with Crippen LogP contribution in [0.1, 0.15) is 4.88 Å². The van der Waals surface area contributed by atoms with Gasteiger partial charge in [0.15, 0.2) is 11.5 Å². The first-order valence-corrected chi connectivity index (χ1v) is 7.82. The van der Waals surface area contributed by atoms with Crippen LogP contribution in [0.5, 0.6) is 11.5 Å². The van der Waals surface area contributed by atoms with Gasteiger partial charge in [-0.05, 0) is 29.1 Å². The maximum absolute atomic E-state index is 6.02. The molecule has 22 heavy (non-hydrogen) atoms. The lowest BCUT2D eigenvalue weighted by atomic mass is 10.2. The molecule has 0 amide bonds. The number of aromatic nitrogens is 2. The molecule has 2 aromatic heterocycles. The predicted octanol–water partition coefficient (Wildman–Crippen LogP) is 3.97. The van der Waals surface area contributed by atoms with Crippen molar-refractivity contribution in [1.29, 1.82) is 0 Å². The van der Waals surface area contributed by atoms with E-state index in [-0.39, 0.29) is 5.28 Å². The molecule has 3 rings (SSSR count). The third-order valence-corrected chi connectivity index (χ3v) is 4.23. The van der Waals surface area contributed by atoms with Crippen molar-refractivity contribution in [3.05, 3.63) is 39.8 Å². The van der Waals surface area contributed by atoms with Crippen LogP contribution in [0.2, 0.25) is 5.28 Å². The van der Waals surface area contributed by atoms with E-state index < -0.39 is 0 Å². The Morgan fingerprint density at radius 3 is 2.64 bits per heavy atom. The number of methoxy groups -OCH3 is 2. The standard InChI is InChI=1S/C15H14ClN3O2S/c1-20-12-6-10-11(7-13(12)21-2)18-15(16)19-14(10)17-8-9-4-3-5-22-9/h3-7H,8H2,1-2H3,(H,17,18,19). The molecule has 0 aliphatic rings. The molecule has 0 aliphatic heterocycles. The van der Waals surface area contributed by atoms with Crippen molar-refractivity contribution in [2.24, 2.45) is 0 Å². The van der Waals surface area contributed by atoms with Crippen LogP contribution in [0.4, 0.5) is 5.82 Å². The lowest BCUT2D eigenvalue weighted by Gasteiger charge is -2.12. The van der Waals surface area contributed by atoms with Crippen LogP contribution in [0.25, 0.3) is 10.9 Å². The van der Waals surface area contributed by atoms with Crippen molar-refractivity contribution in [2.45, 2.75) is 6.54 Å². The molecule has 0 unspecified atom stereocenters. The van der Waals surface area contributed by atoms with Crippen LogP contribution in [0.3, 0.4) is 0 Å². The number of rotatable bonds is 5. The van der Waals surface area contributed by atoms with Gasteiger partial charge in [0.25, 0.3) is 0 Å². The molecular weight excluding hydrogens is 322 g/mol. The van der Waals surface area contributed by atoms with Crippen molar-refractivity contribution in [3.63, 3.8) is 0 Å². The fourth-order valence-electron chi connectivity index (χ4n) is 2.15. The zero-order valence-electron chi connectivity index (χ0n) is 12.1. The highest BCUT2D eigenvalue weighted by atomic mass is 35.5. The number of ether oxygens (including phenoxy) is 2. The molecule has 114 valence electrons. The second-order valence-electron chi connectivity index (χ2n) is 4.50. The van der Waals surface area contributed by atoms with E-state index in [1.165, 1.54) is 4.88 Å². The van der Waals surface area contributed by atoms with E-state index in [0.717, 1.165) is 5.39 Å². The van der Waals surface area contributed by atoms with Crippen molar-refractivity contribution < 1.29 is 9.47 Å². The van der Waals surface area contributed by atoms with Crippen LogP contribution in [-0.2, 0) is 6.54 Å². The first kappa shape index (κ1) is 14.9. The molecule has 7 heteroatoms. The zero-order chi connectivity index (χ0) is 15.5. The van der Waals surface area contributed by atoms with E-state index in [2.05, 4.69) is 21.4 Å². The third kappa shape index (κ3) is 2.93. The Bertz CT molecular complexity index is 793. The number of halogens is 1. The van der Waals surface area contributed by atoms with Gasteiger partial charge in [0.2, 0.25) is 5.28 Å². The lowest BCUT2D eigenvalue weighted by molar-refractivity contribution is 0.356. The third-order valence-electron chi connectivity index (χ3n) is 3.18. The molecule has 2 heterocycles. The van der Waals surface area contributed by atoms with E-state index in [9.17, 15) is 0 Å². The Balaban J connectivity index is 2.04. The van der Waals surface area contributed by atoms with Gasteiger partial charge < -0.3 is 14.8 Å². The SMILES string of the molecule is COc1cc2nc(Cl)nc(NCc3cccs3)c2cc1OC. The van der Waals surface area contributed by atoms with Crippen LogP contribution >= 0.6 is 22.9 Å². The summed E-state index contributed by atoms with van der Waals surface area (Å²) >= 11 is 7.70. The molecule has 3 aromatic rings. The number of hydrogen-bond acceptors (Lipinski definition) is 6. The maximum Gasteiger partial charge on any atom is 0.224 e. The predicted molar refractivity (Wildman–Crippen MR) is 89.3 cm³/mol. The average Bonchev–Trinajstić information content (AvgIpc) is 3.04. The summed E-state index contributed by atoms with van der Waals surface area (Å²) in [6.07, 6.45) is 0. The second kappa shape index (κ2) is 6.37. The number of nitrogens with zero attached hydrogens (tertiary/aromatic N) is 2. The van der Waals surface area contributed by atoms with Crippen molar-refractivity contribution >= 4 is 39.7 Å². The Morgan fingerprint density at radius 2 is 1.95 bits per heavy atom. The molecule has 0 fully saturated rings. The monoisotopic (exact) mass is 335 g/mol. The smallest absolute Gasteiger partial charge is 0.224 e. The summed E-state index contributed by atoms with van der Waals surface area (Å²) in [5.41, 5.74) is 0.700. The van der Waals surface area contributed by atoms with E-state index in [1.807, 2.05) is 17.5 Å². The molecule has 0 radical (unpaired) electrons. The summed E-state index contributed by atoms with van der Waals surface area (Å²) in [6.45, 7) is 0.675. The number of thiophene rings is 1. The first-order valence-electron chi connectivity index (χ1n) is 6.57. The summed E-state index contributed by atoms with van der Waals surface area (Å²) in [6, 6.07) is 7.71. The number of nitrogens with one attached hydrogen (secondary N) is 1. The minimum atomic E-state index is 0.188. The number of hydrogen-bond donors (Lipinski definition) is 1. The average molecular weight is 336 g/mol. The van der Waals surface area contributed by atoms with Gasteiger partial charge in [0.1, 0.15) is 5.82 Å². The van der Waals surface area contributed by atoms with Gasteiger partial charge in [-0.3, -0.25) is 0 Å². The zero-order valence-corrected chi connectivity index (χ0v) is 13.7. The Hall–Kier alpha value is -2.05. The number of anilines is 1. The van der Waals surface area contributed by atoms with Crippen LogP contribution in [0, 0.1) is 0 Å². The van der Waals surface area contributed by atoms with Gasteiger partial charge in [-0.25, -0.2) is 9.97 Å². The first-order chi connectivity index (χ1) is 10.7. The Morgan fingerprint density at radius 1 is 1.18 bits per heavy atom. The summed E-state index contributed by atoms with van der Waals surface area (Å²) in [5, 5.41) is 6.36. The van der Waals surface area contributed by atoms with Crippen LogP contribution in [-0.4, -0.2) is 24.2 Å². The van der Waals surface area contributed by atoms with Gasteiger partial charge >= 0.3 is 0 Å². The minimum absolute atomic E-state index is 0.188. The van der Waals surface area contributed by atoms with Crippen molar-refractivity contribution in [2.75, 3.05) is 19.5 Å². The van der Waals surface area contributed by atoms with E-state index in [4.69, 9.17) is 21.1 Å².